The van der Waals surface area contributed by atoms with E-state index in [0.717, 1.165) is 29.5 Å². The topological polar surface area (TPSA) is 21.3 Å². The first-order chi connectivity index (χ1) is 20.0. The number of anilines is 1. The molecule has 0 radical (unpaired) electrons. The second kappa shape index (κ2) is 14.2. The third-order valence-electron chi connectivity index (χ3n) is 8.79. The molecule has 1 saturated carbocycles. The van der Waals surface area contributed by atoms with E-state index in [2.05, 4.69) is 105 Å². The smallest absolute Gasteiger partial charge is 0.127 e. The molecule has 0 saturated heterocycles. The molecule has 4 aromatic rings. The van der Waals surface area contributed by atoms with E-state index in [0.29, 0.717) is 17.8 Å². The van der Waals surface area contributed by atoms with Crippen molar-refractivity contribution in [2.45, 2.75) is 70.6 Å². The fraction of sp³-hybridized carbons (Fsp3) is 0.333. The van der Waals surface area contributed by atoms with Gasteiger partial charge >= 0.3 is 0 Å². The molecule has 2 nitrogen and oxygen atoms in total. The summed E-state index contributed by atoms with van der Waals surface area (Å²) in [5.74, 6) is 4.22. The lowest BCUT2D eigenvalue weighted by Gasteiger charge is -2.30. The second-order valence-electron chi connectivity index (χ2n) is 12.1. The van der Waals surface area contributed by atoms with Gasteiger partial charge in [-0.1, -0.05) is 93.2 Å². The Labute approximate surface area is 247 Å². The van der Waals surface area contributed by atoms with Gasteiger partial charge < -0.3 is 10.1 Å². The van der Waals surface area contributed by atoms with Crippen molar-refractivity contribution in [2.24, 2.45) is 11.8 Å². The number of ether oxygens (including phenoxy) is 1. The molecule has 1 aliphatic carbocycles. The van der Waals surface area contributed by atoms with E-state index in [1.807, 2.05) is 30.3 Å². The minimum Gasteiger partial charge on any atom is -0.457 e. The minimum atomic E-state index is 0.432. The predicted octanol–water partition coefficient (Wildman–Crippen LogP) is 11.1. The number of benzene rings is 4. The van der Waals surface area contributed by atoms with Crippen LogP contribution in [0.2, 0.25) is 0 Å². The number of rotatable bonds is 12. The summed E-state index contributed by atoms with van der Waals surface area (Å²) in [4.78, 5) is 0. The lowest BCUT2D eigenvalue weighted by atomic mass is 9.75. The Hall–Kier alpha value is -3.78. The van der Waals surface area contributed by atoms with Gasteiger partial charge in [0.15, 0.2) is 0 Å². The van der Waals surface area contributed by atoms with E-state index in [9.17, 15) is 0 Å². The summed E-state index contributed by atoms with van der Waals surface area (Å²) in [6, 6.07) is 38.8. The van der Waals surface area contributed by atoms with Crippen LogP contribution in [0, 0.1) is 11.8 Å². The monoisotopic (exact) mass is 543 g/mol. The first kappa shape index (κ1) is 28.7. The van der Waals surface area contributed by atoms with Crippen LogP contribution < -0.4 is 10.1 Å². The van der Waals surface area contributed by atoms with Crippen LogP contribution in [-0.4, -0.2) is 0 Å². The molecule has 0 spiro atoms. The zero-order chi connectivity index (χ0) is 28.4. The maximum absolute atomic E-state index is 6.02. The van der Waals surface area contributed by atoms with E-state index in [1.165, 1.54) is 60.9 Å². The van der Waals surface area contributed by atoms with E-state index in [-0.39, 0.29) is 0 Å². The number of hydrogen-bond donors (Lipinski definition) is 1. The van der Waals surface area contributed by atoms with Crippen LogP contribution in [-0.2, 0) is 6.42 Å². The maximum Gasteiger partial charge on any atom is 0.127 e. The molecule has 2 heteroatoms. The summed E-state index contributed by atoms with van der Waals surface area (Å²) in [6.07, 6.45) is 8.83. The zero-order valence-electron chi connectivity index (χ0n) is 24.8. The molecule has 5 rings (SSSR count). The fourth-order valence-electron chi connectivity index (χ4n) is 6.14. The fourth-order valence-corrected chi connectivity index (χ4v) is 6.14. The Kier molecular flexibility index (Phi) is 9.96. The largest absolute Gasteiger partial charge is 0.457 e. The molecule has 212 valence electrons. The Morgan fingerprint density at radius 3 is 2.12 bits per heavy atom. The van der Waals surface area contributed by atoms with Gasteiger partial charge in [-0.05, 0) is 122 Å². The summed E-state index contributed by atoms with van der Waals surface area (Å²) in [5, 5.41) is 3.51. The van der Waals surface area contributed by atoms with E-state index >= 15 is 0 Å². The lowest BCUT2D eigenvalue weighted by molar-refractivity contribution is 0.298. The molecule has 1 fully saturated rings. The highest BCUT2D eigenvalue weighted by Crippen LogP contribution is 2.40. The molecule has 1 N–H and O–H groups in total. The van der Waals surface area contributed by atoms with Crippen molar-refractivity contribution in [3.63, 3.8) is 0 Å². The standard InChI is InChI=1S/C39H45NO/c1-29(2)30(3)40-37-14-10-13-35(28-37)34-22-17-31(18-23-34)19-24-36(33-11-6-4-7-12-33)27-32-20-25-39(26-21-32)41-38-15-8-5-9-16-38/h4-16,20-21,25-26,28-29,31,34,36,40H,3,17-19,22-24,27H2,1-2H3/t31?,34?,36-/m1/s1. The van der Waals surface area contributed by atoms with E-state index in [1.54, 1.807) is 0 Å². The van der Waals surface area contributed by atoms with Crippen LogP contribution in [0.15, 0.2) is 121 Å². The summed E-state index contributed by atoms with van der Waals surface area (Å²) < 4.78 is 6.02. The molecule has 0 bridgehead atoms. The SMILES string of the molecule is C=C(Nc1cccc(C2CCC(CC[C@H](Cc3ccc(Oc4ccccc4)cc3)c3ccccc3)CC2)c1)C(C)C. The highest BCUT2D eigenvalue weighted by Gasteiger charge is 2.24. The van der Waals surface area contributed by atoms with Crippen LogP contribution >= 0.6 is 0 Å². The van der Waals surface area contributed by atoms with Crippen LogP contribution in [0.25, 0.3) is 0 Å². The molecule has 1 aliphatic rings. The molecule has 41 heavy (non-hydrogen) atoms. The number of para-hydroxylation sites is 1. The molecule has 1 atom stereocenters. The molecule has 0 heterocycles. The van der Waals surface area contributed by atoms with Crippen LogP contribution in [0.3, 0.4) is 0 Å². The normalized spacial score (nSPS) is 17.6. The molecule has 0 aromatic heterocycles. The Balaban J connectivity index is 1.16. The first-order valence-electron chi connectivity index (χ1n) is 15.5. The third-order valence-corrected chi connectivity index (χ3v) is 8.79. The summed E-state index contributed by atoms with van der Waals surface area (Å²) in [6.45, 7) is 8.55. The van der Waals surface area contributed by atoms with Crippen molar-refractivity contribution in [1.29, 1.82) is 0 Å². The third kappa shape index (κ3) is 8.36. The second-order valence-corrected chi connectivity index (χ2v) is 12.1. The van der Waals surface area contributed by atoms with Gasteiger partial charge in [-0.15, -0.1) is 0 Å². The zero-order valence-corrected chi connectivity index (χ0v) is 24.8. The quantitative estimate of drug-likeness (QED) is 0.192. The Morgan fingerprint density at radius 2 is 1.44 bits per heavy atom. The molecule has 0 unspecified atom stereocenters. The van der Waals surface area contributed by atoms with Crippen molar-refractivity contribution >= 4 is 5.69 Å². The summed E-state index contributed by atoms with van der Waals surface area (Å²) in [5.41, 5.74) is 6.56. The minimum absolute atomic E-state index is 0.432. The van der Waals surface area contributed by atoms with Crippen LogP contribution in [0.1, 0.15) is 80.9 Å². The summed E-state index contributed by atoms with van der Waals surface area (Å²) in [7, 11) is 0. The van der Waals surface area contributed by atoms with E-state index in [4.69, 9.17) is 4.74 Å². The highest BCUT2D eigenvalue weighted by atomic mass is 16.5. The molecule has 0 aliphatic heterocycles. The Morgan fingerprint density at radius 1 is 0.780 bits per heavy atom. The van der Waals surface area contributed by atoms with Crippen molar-refractivity contribution in [2.75, 3.05) is 5.32 Å². The molecular formula is C39H45NO. The van der Waals surface area contributed by atoms with Gasteiger partial charge in [0, 0.05) is 11.4 Å². The van der Waals surface area contributed by atoms with E-state index < -0.39 is 0 Å². The van der Waals surface area contributed by atoms with Gasteiger partial charge in [0.1, 0.15) is 11.5 Å². The Bertz CT molecular complexity index is 1350. The van der Waals surface area contributed by atoms with Crippen molar-refractivity contribution in [1.82, 2.24) is 0 Å². The number of hydrogen-bond acceptors (Lipinski definition) is 2. The molecular weight excluding hydrogens is 498 g/mol. The molecule has 4 aromatic carbocycles. The van der Waals surface area contributed by atoms with Gasteiger partial charge in [-0.2, -0.15) is 0 Å². The van der Waals surface area contributed by atoms with Crippen molar-refractivity contribution in [3.05, 3.63) is 138 Å². The van der Waals surface area contributed by atoms with Gasteiger partial charge in [-0.25, -0.2) is 0 Å². The van der Waals surface area contributed by atoms with Gasteiger partial charge in [0.25, 0.3) is 0 Å². The number of allylic oxidation sites excluding steroid dienone is 1. The average Bonchev–Trinajstić information content (AvgIpc) is 3.01. The van der Waals surface area contributed by atoms with Crippen LogP contribution in [0.5, 0.6) is 11.5 Å². The maximum atomic E-state index is 6.02. The number of nitrogens with one attached hydrogen (secondary N) is 1. The lowest BCUT2D eigenvalue weighted by Crippen LogP contribution is -2.15. The first-order valence-corrected chi connectivity index (χ1v) is 15.5. The van der Waals surface area contributed by atoms with Crippen molar-refractivity contribution < 1.29 is 4.74 Å². The van der Waals surface area contributed by atoms with Gasteiger partial charge in [-0.3, -0.25) is 0 Å². The van der Waals surface area contributed by atoms with Gasteiger partial charge in [0.05, 0.1) is 0 Å². The molecule has 0 amide bonds. The highest BCUT2D eigenvalue weighted by molar-refractivity contribution is 5.50. The van der Waals surface area contributed by atoms with Gasteiger partial charge in [0.2, 0.25) is 0 Å². The average molecular weight is 544 g/mol. The summed E-state index contributed by atoms with van der Waals surface area (Å²) >= 11 is 0. The van der Waals surface area contributed by atoms with Crippen LogP contribution in [0.4, 0.5) is 5.69 Å². The predicted molar refractivity (Wildman–Crippen MR) is 174 cm³/mol. The van der Waals surface area contributed by atoms with Crippen molar-refractivity contribution in [3.8, 4) is 11.5 Å².